The van der Waals surface area contributed by atoms with Crippen LogP contribution in [0.5, 0.6) is 0 Å². The van der Waals surface area contributed by atoms with Gasteiger partial charge in [0.2, 0.25) is 0 Å². The summed E-state index contributed by atoms with van der Waals surface area (Å²) >= 11 is 0. The fourth-order valence-corrected chi connectivity index (χ4v) is 9.49. The molecule has 2 N–H and O–H groups in total. The maximum atomic E-state index is 12.5. The largest absolute Gasteiger partial charge is 0.481 e. The normalized spacial score (nSPS) is 42.1. The number of carbonyl (C=O) groups is 1. The molecule has 2 saturated carbocycles. The first-order chi connectivity index (χ1) is 15.7. The van der Waals surface area contributed by atoms with Crippen LogP contribution in [0, 0.1) is 45.3 Å². The molecule has 0 radical (unpaired) electrons. The molecule has 0 spiro atoms. The van der Waals surface area contributed by atoms with E-state index in [4.69, 9.17) is 0 Å². The summed E-state index contributed by atoms with van der Waals surface area (Å²) in [6.07, 6.45) is 9.98. The van der Waals surface area contributed by atoms with Crippen LogP contribution in [0.25, 0.3) is 0 Å². The second kappa shape index (κ2) is 8.49. The summed E-state index contributed by atoms with van der Waals surface area (Å²) in [5.74, 6) is 0.293. The van der Waals surface area contributed by atoms with Crippen molar-refractivity contribution in [3.8, 4) is 0 Å². The summed E-state index contributed by atoms with van der Waals surface area (Å²) in [6, 6.07) is 0. The molecule has 0 saturated heterocycles. The molecular formula is C31H50O3. The zero-order valence-electron chi connectivity index (χ0n) is 23.0. The number of rotatable bonds is 6. The zero-order valence-corrected chi connectivity index (χ0v) is 23.0. The van der Waals surface area contributed by atoms with Gasteiger partial charge >= 0.3 is 5.97 Å². The number of aliphatic hydroxyl groups excluding tert-OH is 1. The second-order valence-electron chi connectivity index (χ2n) is 14.0. The minimum Gasteiger partial charge on any atom is -0.481 e. The molecule has 4 aliphatic carbocycles. The standard InChI is InChI=1S/C31H50O3/c1-19(2)20(3)9-10-21(27(33)34)22-13-17-31(8)24-11-12-25-28(4,5)26(32)15-16-29(25,6)23(24)14-18-30(22,31)7/h19,21-22,25-26,32H,3,9-18H2,1-2,4-8H3,(H,33,34)/t21?,22?,25-,26-,29+,30+,31-/m0/s1. The van der Waals surface area contributed by atoms with Gasteiger partial charge in [-0.15, -0.1) is 0 Å². The summed E-state index contributed by atoms with van der Waals surface area (Å²) in [5.41, 5.74) is 4.84. The van der Waals surface area contributed by atoms with Crippen molar-refractivity contribution >= 4 is 5.97 Å². The third kappa shape index (κ3) is 3.58. The van der Waals surface area contributed by atoms with Crippen LogP contribution in [0.4, 0.5) is 0 Å². The molecule has 3 nitrogen and oxygen atoms in total. The lowest BCUT2D eigenvalue weighted by molar-refractivity contribution is -0.146. The van der Waals surface area contributed by atoms with Gasteiger partial charge in [0, 0.05) is 0 Å². The Hall–Kier alpha value is -1.09. The monoisotopic (exact) mass is 470 g/mol. The lowest BCUT2D eigenvalue weighted by Gasteiger charge is -2.62. The van der Waals surface area contributed by atoms with Gasteiger partial charge < -0.3 is 10.2 Å². The summed E-state index contributed by atoms with van der Waals surface area (Å²) in [7, 11) is 0. The van der Waals surface area contributed by atoms with Gasteiger partial charge in [0.1, 0.15) is 0 Å². The molecule has 0 bridgehead atoms. The van der Waals surface area contributed by atoms with E-state index < -0.39 is 5.97 Å². The molecule has 7 atom stereocenters. The van der Waals surface area contributed by atoms with Crippen molar-refractivity contribution in [1.29, 1.82) is 0 Å². The average Bonchev–Trinajstić information content (AvgIpc) is 3.02. The van der Waals surface area contributed by atoms with Crippen molar-refractivity contribution in [2.24, 2.45) is 45.3 Å². The molecule has 0 amide bonds. The van der Waals surface area contributed by atoms with E-state index >= 15 is 0 Å². The Bertz CT molecular complexity index is 881. The van der Waals surface area contributed by atoms with E-state index in [1.165, 1.54) is 5.57 Å². The van der Waals surface area contributed by atoms with Gasteiger partial charge in [-0.1, -0.05) is 71.8 Å². The van der Waals surface area contributed by atoms with Crippen molar-refractivity contribution in [2.75, 3.05) is 0 Å². The average molecular weight is 471 g/mol. The van der Waals surface area contributed by atoms with Crippen LogP contribution in [0.3, 0.4) is 0 Å². The molecule has 2 unspecified atom stereocenters. The van der Waals surface area contributed by atoms with E-state index in [2.05, 4.69) is 55.0 Å². The van der Waals surface area contributed by atoms with Crippen molar-refractivity contribution in [3.05, 3.63) is 23.3 Å². The number of hydrogen-bond acceptors (Lipinski definition) is 2. The number of aliphatic carboxylic acids is 1. The lowest BCUT2D eigenvalue weighted by atomic mass is 9.43. The Kier molecular flexibility index (Phi) is 6.49. The molecule has 4 rings (SSSR count). The number of carboxylic acid groups (broad SMARTS) is 1. The first-order valence-electron chi connectivity index (χ1n) is 14.0. The molecule has 3 heteroatoms. The maximum absolute atomic E-state index is 12.5. The van der Waals surface area contributed by atoms with Crippen LogP contribution in [-0.4, -0.2) is 22.3 Å². The topological polar surface area (TPSA) is 57.5 Å². The van der Waals surface area contributed by atoms with E-state index in [9.17, 15) is 15.0 Å². The highest BCUT2D eigenvalue weighted by atomic mass is 16.4. The first-order valence-corrected chi connectivity index (χ1v) is 14.0. The van der Waals surface area contributed by atoms with Gasteiger partial charge in [-0.05, 0) is 104 Å². The molecule has 34 heavy (non-hydrogen) atoms. The SMILES string of the molecule is C=C(CCC(C(=O)O)C1CC[C@@]2(C)C3=C(CC[C@]12C)[C@@]1(C)CC[C@H](O)C(C)(C)[C@@H]1CC3)C(C)C. The molecule has 4 aliphatic rings. The minimum absolute atomic E-state index is 0.0426. The van der Waals surface area contributed by atoms with Gasteiger partial charge in [-0.25, -0.2) is 0 Å². The zero-order chi connectivity index (χ0) is 25.3. The third-order valence-corrected chi connectivity index (χ3v) is 12.2. The Morgan fingerprint density at radius 3 is 2.29 bits per heavy atom. The minimum atomic E-state index is -0.606. The van der Waals surface area contributed by atoms with Gasteiger partial charge in [0.25, 0.3) is 0 Å². The maximum Gasteiger partial charge on any atom is 0.306 e. The van der Waals surface area contributed by atoms with Crippen LogP contribution in [0.2, 0.25) is 0 Å². The van der Waals surface area contributed by atoms with Crippen LogP contribution >= 0.6 is 0 Å². The van der Waals surface area contributed by atoms with E-state index in [-0.39, 0.29) is 39.6 Å². The molecule has 0 aromatic carbocycles. The van der Waals surface area contributed by atoms with Crippen LogP contribution in [0.15, 0.2) is 23.3 Å². The van der Waals surface area contributed by atoms with Gasteiger partial charge in [-0.3, -0.25) is 4.79 Å². The highest BCUT2D eigenvalue weighted by molar-refractivity contribution is 5.70. The van der Waals surface area contributed by atoms with E-state index in [1.807, 2.05) is 0 Å². The summed E-state index contributed by atoms with van der Waals surface area (Å²) in [6.45, 7) is 20.5. The van der Waals surface area contributed by atoms with Crippen molar-refractivity contribution in [2.45, 2.75) is 119 Å². The number of hydrogen-bond donors (Lipinski definition) is 2. The van der Waals surface area contributed by atoms with E-state index in [1.54, 1.807) is 11.1 Å². The molecule has 2 fully saturated rings. The summed E-state index contributed by atoms with van der Waals surface area (Å²) < 4.78 is 0. The van der Waals surface area contributed by atoms with Crippen molar-refractivity contribution in [1.82, 2.24) is 0 Å². The Balaban J connectivity index is 1.67. The molecule has 0 aromatic heterocycles. The van der Waals surface area contributed by atoms with Crippen LogP contribution in [0.1, 0.15) is 113 Å². The quantitative estimate of drug-likeness (QED) is 0.389. The van der Waals surface area contributed by atoms with E-state index in [0.29, 0.717) is 11.8 Å². The lowest BCUT2D eigenvalue weighted by Crippen LogP contribution is -2.55. The second-order valence-corrected chi connectivity index (χ2v) is 14.0. The summed E-state index contributed by atoms with van der Waals surface area (Å²) in [4.78, 5) is 12.5. The molecule has 192 valence electrons. The van der Waals surface area contributed by atoms with Crippen LogP contribution in [-0.2, 0) is 4.79 Å². The first kappa shape index (κ1) is 26.0. The number of allylic oxidation sites excluding steroid dienone is 3. The Labute approximate surface area is 208 Å². The Morgan fingerprint density at radius 2 is 1.68 bits per heavy atom. The fourth-order valence-electron chi connectivity index (χ4n) is 9.49. The van der Waals surface area contributed by atoms with Gasteiger partial charge in [0.15, 0.2) is 0 Å². The summed E-state index contributed by atoms with van der Waals surface area (Å²) in [5, 5.41) is 21.1. The molecule has 0 aliphatic heterocycles. The highest BCUT2D eigenvalue weighted by Gasteiger charge is 2.64. The Morgan fingerprint density at radius 1 is 1.00 bits per heavy atom. The predicted octanol–water partition coefficient (Wildman–Crippen LogP) is 7.79. The third-order valence-electron chi connectivity index (χ3n) is 12.2. The number of aliphatic hydroxyl groups is 1. The smallest absolute Gasteiger partial charge is 0.306 e. The van der Waals surface area contributed by atoms with Crippen molar-refractivity contribution < 1.29 is 15.0 Å². The molecule has 0 aromatic rings. The molecular weight excluding hydrogens is 420 g/mol. The number of carboxylic acids is 1. The van der Waals surface area contributed by atoms with Gasteiger partial charge in [-0.2, -0.15) is 0 Å². The van der Waals surface area contributed by atoms with Gasteiger partial charge in [0.05, 0.1) is 12.0 Å². The highest BCUT2D eigenvalue weighted by Crippen LogP contribution is 2.72. The van der Waals surface area contributed by atoms with Crippen LogP contribution < -0.4 is 0 Å². The predicted molar refractivity (Wildman–Crippen MR) is 139 cm³/mol. The fraction of sp³-hybridized carbons (Fsp3) is 0.839. The van der Waals surface area contributed by atoms with Crippen molar-refractivity contribution in [3.63, 3.8) is 0 Å². The van der Waals surface area contributed by atoms with E-state index in [0.717, 1.165) is 64.2 Å². The molecule has 0 heterocycles. The number of fused-ring (bicyclic) bond motifs is 4.